The molecule has 0 unspecified atom stereocenters. The highest BCUT2D eigenvalue weighted by molar-refractivity contribution is 7.10. The smallest absolute Gasteiger partial charge is 0.108 e. The fraction of sp³-hybridized carbons (Fsp3) is 0.143. The van der Waals surface area contributed by atoms with Gasteiger partial charge in [0.2, 0.25) is 0 Å². The summed E-state index contributed by atoms with van der Waals surface area (Å²) in [6.45, 7) is 2.21. The normalized spacial score (nSPS) is 11.8. The van der Waals surface area contributed by atoms with Crippen LogP contribution >= 0.6 is 23.2 Å². The lowest BCUT2D eigenvalue weighted by Gasteiger charge is -2.29. The molecule has 88 valence electrons. The number of hydrogen-bond acceptors (Lipinski definition) is 0. The average molecular weight is 281 g/mol. The van der Waals surface area contributed by atoms with Crippen LogP contribution < -0.4 is 10.4 Å². The first-order valence-electron chi connectivity index (χ1n) is 5.55. The van der Waals surface area contributed by atoms with Gasteiger partial charge in [-0.15, -0.1) is 23.2 Å². The molecular formula is C14H14Cl2Si. The molecule has 2 aromatic carbocycles. The molecule has 0 amide bonds. The molecule has 0 fully saturated rings. The lowest BCUT2D eigenvalue weighted by atomic mass is 10.4. The minimum atomic E-state index is -2.05. The van der Waals surface area contributed by atoms with E-state index in [0.29, 0.717) is 0 Å². The Morgan fingerprint density at radius 1 is 0.765 bits per heavy atom. The van der Waals surface area contributed by atoms with Gasteiger partial charge in [-0.3, -0.25) is 0 Å². The van der Waals surface area contributed by atoms with Crippen LogP contribution in [-0.2, 0) is 0 Å². The summed E-state index contributed by atoms with van der Waals surface area (Å²) in [7, 11) is -2.05. The minimum absolute atomic E-state index is 0.354. The summed E-state index contributed by atoms with van der Waals surface area (Å²) in [4.78, 5) is 0. The molecule has 0 aliphatic rings. The van der Waals surface area contributed by atoms with Crippen molar-refractivity contribution in [3.63, 3.8) is 0 Å². The molecule has 0 aliphatic carbocycles. The summed E-state index contributed by atoms with van der Waals surface area (Å²) in [6.07, 6.45) is 0. The van der Waals surface area contributed by atoms with Crippen molar-refractivity contribution in [3.05, 3.63) is 60.7 Å². The summed E-state index contributed by atoms with van der Waals surface area (Å²) in [5.74, 6) is 0. The fourth-order valence-electron chi connectivity index (χ4n) is 1.99. The second kappa shape index (κ2) is 5.26. The van der Waals surface area contributed by atoms with Crippen molar-refractivity contribution in [2.75, 3.05) is 0 Å². The van der Waals surface area contributed by atoms with Gasteiger partial charge >= 0.3 is 0 Å². The Balaban J connectivity index is 2.55. The first-order valence-corrected chi connectivity index (χ1v) is 9.00. The van der Waals surface area contributed by atoms with E-state index in [9.17, 15) is 0 Å². The van der Waals surface area contributed by atoms with Crippen molar-refractivity contribution >= 4 is 41.6 Å². The van der Waals surface area contributed by atoms with Crippen molar-refractivity contribution in [3.8, 4) is 0 Å². The molecule has 2 rings (SSSR count). The third-order valence-corrected chi connectivity index (χ3v) is 9.74. The van der Waals surface area contributed by atoms with Crippen LogP contribution in [0, 0.1) is 0 Å². The molecule has 0 radical (unpaired) electrons. The molecule has 0 bridgehead atoms. The van der Waals surface area contributed by atoms with E-state index in [4.69, 9.17) is 23.2 Å². The minimum Gasteiger partial charge on any atom is -0.108 e. The van der Waals surface area contributed by atoms with Gasteiger partial charge in [0.25, 0.3) is 0 Å². The van der Waals surface area contributed by atoms with Crippen LogP contribution in [0.5, 0.6) is 0 Å². The van der Waals surface area contributed by atoms with Gasteiger partial charge < -0.3 is 0 Å². The zero-order valence-corrected chi connectivity index (χ0v) is 12.1. The second-order valence-electron chi connectivity index (χ2n) is 4.24. The molecular weight excluding hydrogens is 267 g/mol. The summed E-state index contributed by atoms with van der Waals surface area (Å²) < 4.78 is -0.354. The van der Waals surface area contributed by atoms with Crippen molar-refractivity contribution < 1.29 is 0 Å². The summed E-state index contributed by atoms with van der Waals surface area (Å²) in [5, 5.41) is 2.53. The SMILES string of the molecule is C[Si](c1ccccc1)(c1ccccc1)C(Cl)Cl. The maximum absolute atomic E-state index is 6.28. The predicted octanol–water partition coefficient (Wildman–Crippen LogP) is 3.22. The number of benzene rings is 2. The Morgan fingerprint density at radius 3 is 1.41 bits per heavy atom. The Kier molecular flexibility index (Phi) is 3.92. The van der Waals surface area contributed by atoms with Crippen molar-refractivity contribution in [1.82, 2.24) is 0 Å². The average Bonchev–Trinajstić information content (AvgIpc) is 2.39. The lowest BCUT2D eigenvalue weighted by Crippen LogP contribution is -2.60. The molecule has 0 atom stereocenters. The molecule has 3 heteroatoms. The topological polar surface area (TPSA) is 0 Å². The highest BCUT2D eigenvalue weighted by atomic mass is 35.5. The zero-order valence-electron chi connectivity index (χ0n) is 9.61. The van der Waals surface area contributed by atoms with E-state index in [1.807, 2.05) is 36.4 Å². The van der Waals surface area contributed by atoms with Crippen LogP contribution in [0.25, 0.3) is 0 Å². The van der Waals surface area contributed by atoms with Crippen LogP contribution in [0.1, 0.15) is 0 Å². The maximum Gasteiger partial charge on any atom is 0.151 e. The van der Waals surface area contributed by atoms with Gasteiger partial charge in [-0.25, -0.2) is 0 Å². The van der Waals surface area contributed by atoms with Crippen molar-refractivity contribution in [2.45, 2.75) is 11.0 Å². The Labute approximate surface area is 113 Å². The molecule has 0 saturated heterocycles. The lowest BCUT2D eigenvalue weighted by molar-refractivity contribution is 1.61. The number of alkyl halides is 2. The highest BCUT2D eigenvalue weighted by Gasteiger charge is 2.38. The van der Waals surface area contributed by atoms with E-state index in [1.165, 1.54) is 10.4 Å². The van der Waals surface area contributed by atoms with Crippen LogP contribution in [0.15, 0.2) is 60.7 Å². The van der Waals surface area contributed by atoms with E-state index in [1.54, 1.807) is 0 Å². The number of halogens is 2. The molecule has 0 nitrogen and oxygen atoms in total. The maximum atomic E-state index is 6.28. The molecule has 0 aliphatic heterocycles. The van der Waals surface area contributed by atoms with Gasteiger partial charge in [-0.05, 0) is 0 Å². The van der Waals surface area contributed by atoms with Crippen LogP contribution in [0.3, 0.4) is 0 Å². The Morgan fingerprint density at radius 2 is 1.12 bits per heavy atom. The van der Waals surface area contributed by atoms with Gasteiger partial charge in [0.15, 0.2) is 8.07 Å². The Bertz CT molecular complexity index is 429. The molecule has 0 aromatic heterocycles. The molecule has 0 saturated carbocycles. The van der Waals surface area contributed by atoms with E-state index < -0.39 is 8.07 Å². The van der Waals surface area contributed by atoms with Gasteiger partial charge in [0.1, 0.15) is 4.46 Å². The summed E-state index contributed by atoms with van der Waals surface area (Å²) in [6, 6.07) is 20.7. The molecule has 0 N–H and O–H groups in total. The fourth-order valence-corrected chi connectivity index (χ4v) is 6.11. The van der Waals surface area contributed by atoms with Gasteiger partial charge in [0, 0.05) is 0 Å². The van der Waals surface area contributed by atoms with Crippen LogP contribution in [0.4, 0.5) is 0 Å². The van der Waals surface area contributed by atoms with E-state index in [-0.39, 0.29) is 4.46 Å². The van der Waals surface area contributed by atoms with E-state index in [2.05, 4.69) is 30.8 Å². The monoisotopic (exact) mass is 280 g/mol. The summed E-state index contributed by atoms with van der Waals surface area (Å²) in [5.41, 5.74) is 0. The third-order valence-electron chi connectivity index (χ3n) is 3.18. The predicted molar refractivity (Wildman–Crippen MR) is 79.3 cm³/mol. The molecule has 17 heavy (non-hydrogen) atoms. The quantitative estimate of drug-likeness (QED) is 0.598. The van der Waals surface area contributed by atoms with Gasteiger partial charge in [-0.1, -0.05) is 77.6 Å². The largest absolute Gasteiger partial charge is 0.151 e. The Hall–Kier alpha value is -0.763. The summed E-state index contributed by atoms with van der Waals surface area (Å²) >= 11 is 12.6. The van der Waals surface area contributed by atoms with E-state index >= 15 is 0 Å². The molecule has 2 aromatic rings. The molecule has 0 heterocycles. The number of hydrogen-bond donors (Lipinski definition) is 0. The highest BCUT2D eigenvalue weighted by Crippen LogP contribution is 2.19. The van der Waals surface area contributed by atoms with Gasteiger partial charge in [0.05, 0.1) is 0 Å². The van der Waals surface area contributed by atoms with Crippen LogP contribution in [-0.4, -0.2) is 12.5 Å². The number of rotatable bonds is 3. The van der Waals surface area contributed by atoms with Gasteiger partial charge in [-0.2, -0.15) is 0 Å². The van der Waals surface area contributed by atoms with Crippen molar-refractivity contribution in [1.29, 1.82) is 0 Å². The third kappa shape index (κ3) is 2.42. The second-order valence-corrected chi connectivity index (χ2v) is 10.2. The van der Waals surface area contributed by atoms with E-state index in [0.717, 1.165) is 0 Å². The molecule has 0 spiro atoms. The standard InChI is InChI=1S/C14H14Cl2Si/c1-17(14(15)16,12-8-4-2-5-9-12)13-10-6-3-7-11-13/h2-11,14H,1H3. The van der Waals surface area contributed by atoms with Crippen molar-refractivity contribution in [2.24, 2.45) is 0 Å². The first kappa shape index (κ1) is 12.7. The zero-order chi connectivity index (χ0) is 12.3. The first-order chi connectivity index (χ1) is 8.15. The van der Waals surface area contributed by atoms with Crippen LogP contribution in [0.2, 0.25) is 6.55 Å².